The topological polar surface area (TPSA) is 68.0 Å². The van der Waals surface area contributed by atoms with Crippen LogP contribution in [0.5, 0.6) is 0 Å². The highest BCUT2D eigenvalue weighted by Gasteiger charge is 2.16. The number of nitrogens with zero attached hydrogens (tertiary/aromatic N) is 3. The Morgan fingerprint density at radius 2 is 2.14 bits per heavy atom. The number of carbonyl (C=O) groups is 1. The van der Waals surface area contributed by atoms with Crippen LogP contribution in [0.2, 0.25) is 5.02 Å². The number of aromatic nitrogens is 3. The summed E-state index contributed by atoms with van der Waals surface area (Å²) >= 11 is 6.16. The molecule has 0 radical (unpaired) electrons. The van der Waals surface area contributed by atoms with Crippen LogP contribution in [0.4, 0.5) is 0 Å². The molecule has 5 nitrogen and oxygen atoms in total. The molecule has 0 spiro atoms. The van der Waals surface area contributed by atoms with Crippen molar-refractivity contribution >= 4 is 28.5 Å². The van der Waals surface area contributed by atoms with Crippen LogP contribution in [0.15, 0.2) is 30.5 Å². The number of carboxylic acid groups (broad SMARTS) is 1. The van der Waals surface area contributed by atoms with Crippen LogP contribution in [0.1, 0.15) is 16.1 Å². The third-order valence-corrected chi connectivity index (χ3v) is 3.62. The second-order valence-corrected chi connectivity index (χ2v) is 5.21. The number of halogens is 1. The van der Waals surface area contributed by atoms with Gasteiger partial charge in [0, 0.05) is 24.2 Å². The van der Waals surface area contributed by atoms with Crippen LogP contribution < -0.4 is 0 Å². The van der Waals surface area contributed by atoms with E-state index in [2.05, 4.69) is 10.1 Å². The Kier molecular flexibility index (Phi) is 3.14. The van der Waals surface area contributed by atoms with Gasteiger partial charge in [-0.25, -0.2) is 9.78 Å². The van der Waals surface area contributed by atoms with E-state index in [9.17, 15) is 9.90 Å². The summed E-state index contributed by atoms with van der Waals surface area (Å²) < 4.78 is 1.67. The molecule has 0 saturated carbocycles. The van der Waals surface area contributed by atoms with E-state index in [0.717, 1.165) is 11.3 Å². The summed E-state index contributed by atoms with van der Waals surface area (Å²) in [5, 5.41) is 14.6. The van der Waals surface area contributed by atoms with Crippen LogP contribution in [0.3, 0.4) is 0 Å². The summed E-state index contributed by atoms with van der Waals surface area (Å²) in [6, 6.07) is 6.68. The normalized spacial score (nSPS) is 11.0. The van der Waals surface area contributed by atoms with Crippen LogP contribution in [0, 0.1) is 6.92 Å². The Hall–Kier alpha value is -2.40. The molecule has 1 aromatic carbocycles. The first-order chi connectivity index (χ1) is 9.97. The number of hydrogen-bond acceptors (Lipinski definition) is 3. The van der Waals surface area contributed by atoms with Crippen LogP contribution in [0.25, 0.3) is 22.2 Å². The zero-order chi connectivity index (χ0) is 15.1. The Balaban J connectivity index is 2.37. The van der Waals surface area contributed by atoms with Gasteiger partial charge in [-0.3, -0.25) is 4.68 Å². The number of benzene rings is 1. The fraction of sp³-hybridized carbons (Fsp3) is 0.133. The van der Waals surface area contributed by atoms with Crippen LogP contribution in [-0.2, 0) is 7.05 Å². The highest BCUT2D eigenvalue weighted by molar-refractivity contribution is 6.35. The molecule has 0 aliphatic rings. The number of para-hydroxylation sites is 1. The van der Waals surface area contributed by atoms with Crippen molar-refractivity contribution in [2.75, 3.05) is 0 Å². The van der Waals surface area contributed by atoms with Gasteiger partial charge in [0.25, 0.3) is 0 Å². The van der Waals surface area contributed by atoms with Gasteiger partial charge in [-0.05, 0) is 19.1 Å². The van der Waals surface area contributed by atoms with Crippen molar-refractivity contribution in [3.05, 3.63) is 46.7 Å². The third-order valence-electron chi connectivity index (χ3n) is 3.31. The van der Waals surface area contributed by atoms with E-state index in [1.165, 1.54) is 0 Å². The van der Waals surface area contributed by atoms with E-state index in [-0.39, 0.29) is 5.56 Å². The number of hydrogen-bond donors (Lipinski definition) is 1. The summed E-state index contributed by atoms with van der Waals surface area (Å²) in [6.07, 6.45) is 1.81. The van der Waals surface area contributed by atoms with Crippen LogP contribution in [-0.4, -0.2) is 25.8 Å². The second-order valence-electron chi connectivity index (χ2n) is 4.80. The van der Waals surface area contributed by atoms with E-state index >= 15 is 0 Å². The quantitative estimate of drug-likeness (QED) is 0.788. The fourth-order valence-electron chi connectivity index (χ4n) is 2.38. The minimum Gasteiger partial charge on any atom is -0.478 e. The van der Waals surface area contributed by atoms with Crippen molar-refractivity contribution < 1.29 is 9.90 Å². The summed E-state index contributed by atoms with van der Waals surface area (Å²) in [5.41, 5.74) is 2.80. The number of fused-ring (bicyclic) bond motifs is 1. The molecule has 6 heteroatoms. The number of pyridine rings is 1. The van der Waals surface area contributed by atoms with Gasteiger partial charge in [-0.15, -0.1) is 0 Å². The summed E-state index contributed by atoms with van der Waals surface area (Å²) in [6.45, 7) is 1.86. The number of aromatic carboxylic acids is 1. The lowest BCUT2D eigenvalue weighted by atomic mass is 10.0. The van der Waals surface area contributed by atoms with Crippen molar-refractivity contribution in [1.29, 1.82) is 0 Å². The predicted octanol–water partition coefficient (Wildman–Crippen LogP) is 3.30. The van der Waals surface area contributed by atoms with Gasteiger partial charge < -0.3 is 5.11 Å². The minimum atomic E-state index is -1.01. The van der Waals surface area contributed by atoms with Crippen LogP contribution >= 0.6 is 11.6 Å². The minimum absolute atomic E-state index is 0.181. The third kappa shape index (κ3) is 2.25. The largest absolute Gasteiger partial charge is 0.478 e. The van der Waals surface area contributed by atoms with E-state index in [4.69, 9.17) is 11.6 Å². The Morgan fingerprint density at radius 1 is 1.38 bits per heavy atom. The highest BCUT2D eigenvalue weighted by atomic mass is 35.5. The molecule has 0 saturated heterocycles. The summed E-state index contributed by atoms with van der Waals surface area (Å²) in [5.74, 6) is -1.01. The van der Waals surface area contributed by atoms with Crippen molar-refractivity contribution in [2.24, 2.45) is 7.05 Å². The van der Waals surface area contributed by atoms with E-state index in [0.29, 0.717) is 21.6 Å². The maximum Gasteiger partial charge on any atom is 0.336 e. The van der Waals surface area contributed by atoms with Gasteiger partial charge in [-0.1, -0.05) is 23.7 Å². The monoisotopic (exact) mass is 301 g/mol. The maximum absolute atomic E-state index is 11.5. The molecule has 0 aliphatic heterocycles. The fourth-order valence-corrected chi connectivity index (χ4v) is 2.60. The molecule has 0 unspecified atom stereocenters. The highest BCUT2D eigenvalue weighted by Crippen LogP contribution is 2.30. The lowest BCUT2D eigenvalue weighted by Gasteiger charge is -2.07. The lowest BCUT2D eigenvalue weighted by Crippen LogP contribution is -2.00. The molecule has 2 aromatic heterocycles. The lowest BCUT2D eigenvalue weighted by molar-refractivity contribution is 0.0699. The SMILES string of the molecule is Cc1nn(C)cc1-c1cc(C(=O)O)c2cccc(Cl)c2n1. The summed E-state index contributed by atoms with van der Waals surface area (Å²) in [4.78, 5) is 16.0. The number of carboxylic acids is 1. The smallest absolute Gasteiger partial charge is 0.336 e. The van der Waals surface area contributed by atoms with E-state index in [1.807, 2.05) is 20.2 Å². The van der Waals surface area contributed by atoms with E-state index in [1.54, 1.807) is 28.9 Å². The predicted molar refractivity (Wildman–Crippen MR) is 80.7 cm³/mol. The Morgan fingerprint density at radius 3 is 2.76 bits per heavy atom. The first-order valence-electron chi connectivity index (χ1n) is 6.30. The zero-order valence-corrected chi connectivity index (χ0v) is 12.2. The number of rotatable bonds is 2. The van der Waals surface area contributed by atoms with Crippen molar-refractivity contribution in [2.45, 2.75) is 6.92 Å². The molecule has 3 aromatic rings. The van der Waals surface area contributed by atoms with Gasteiger partial charge in [0.2, 0.25) is 0 Å². The number of aryl methyl sites for hydroxylation is 2. The zero-order valence-electron chi connectivity index (χ0n) is 11.5. The molecule has 3 rings (SSSR count). The van der Waals surface area contributed by atoms with Gasteiger partial charge in [0.15, 0.2) is 0 Å². The van der Waals surface area contributed by atoms with Gasteiger partial charge in [-0.2, -0.15) is 5.10 Å². The molecule has 0 aliphatic carbocycles. The molecular formula is C15H12ClN3O2. The second kappa shape index (κ2) is 4.86. The molecule has 0 atom stereocenters. The molecule has 0 fully saturated rings. The van der Waals surface area contributed by atoms with Crippen molar-refractivity contribution in [3.63, 3.8) is 0 Å². The Bertz CT molecular complexity index is 871. The first kappa shape index (κ1) is 13.6. The van der Waals surface area contributed by atoms with Crippen molar-refractivity contribution in [1.82, 2.24) is 14.8 Å². The maximum atomic E-state index is 11.5. The summed E-state index contributed by atoms with van der Waals surface area (Å²) in [7, 11) is 1.81. The van der Waals surface area contributed by atoms with Gasteiger partial charge >= 0.3 is 5.97 Å². The molecule has 106 valence electrons. The molecule has 21 heavy (non-hydrogen) atoms. The van der Waals surface area contributed by atoms with Crippen molar-refractivity contribution in [3.8, 4) is 11.3 Å². The Labute approximate surface area is 125 Å². The molecular weight excluding hydrogens is 290 g/mol. The molecule has 1 N–H and O–H groups in total. The average molecular weight is 302 g/mol. The molecule has 0 amide bonds. The standard InChI is InChI=1S/C15H12ClN3O2/c1-8-11(7-19(2)18-8)13-6-10(15(20)21)9-4-3-5-12(16)14(9)17-13/h3-7H,1-2H3,(H,20,21). The molecule has 2 heterocycles. The van der Waals surface area contributed by atoms with Gasteiger partial charge in [0.05, 0.1) is 27.5 Å². The average Bonchev–Trinajstić information content (AvgIpc) is 2.77. The van der Waals surface area contributed by atoms with E-state index < -0.39 is 5.97 Å². The first-order valence-corrected chi connectivity index (χ1v) is 6.68. The van der Waals surface area contributed by atoms with Gasteiger partial charge in [0.1, 0.15) is 0 Å². The molecule has 0 bridgehead atoms.